The predicted molar refractivity (Wildman–Crippen MR) is 113 cm³/mol. The van der Waals surface area contributed by atoms with Crippen molar-refractivity contribution in [2.75, 3.05) is 0 Å². The molecule has 0 aliphatic rings. The molecule has 28 heavy (non-hydrogen) atoms. The number of hydrogen-bond donors (Lipinski definition) is 0. The fourth-order valence-corrected chi connectivity index (χ4v) is 2.90. The third-order valence-corrected chi connectivity index (χ3v) is 3.94. The van der Waals surface area contributed by atoms with Gasteiger partial charge in [0.1, 0.15) is 17.2 Å². The van der Waals surface area contributed by atoms with Crippen LogP contribution in [0.15, 0.2) is 42.5 Å². The molecule has 4 nitrogen and oxygen atoms in total. The van der Waals surface area contributed by atoms with E-state index in [2.05, 4.69) is 0 Å². The first kappa shape index (κ1) is 21.8. The summed E-state index contributed by atoms with van der Waals surface area (Å²) >= 11 is 0. The number of ether oxygens (including phenoxy) is 3. The van der Waals surface area contributed by atoms with E-state index in [1.165, 1.54) is 0 Å². The highest BCUT2D eigenvalue weighted by molar-refractivity contribution is 5.98. The summed E-state index contributed by atoms with van der Waals surface area (Å²) in [6, 6.07) is 13.2. The molecule has 0 heterocycles. The maximum absolute atomic E-state index is 12.9. The SMILES string of the molecule is CC(C)Oc1ccc(OC(C)C)c(CCC(=O)c2ccccc2OC(C)C)c1. The molecule has 0 N–H and O–H groups in total. The summed E-state index contributed by atoms with van der Waals surface area (Å²) in [4.78, 5) is 12.9. The van der Waals surface area contributed by atoms with Crippen LogP contribution < -0.4 is 14.2 Å². The second-order valence-corrected chi connectivity index (χ2v) is 7.69. The highest BCUT2D eigenvalue weighted by Crippen LogP contribution is 2.28. The minimum Gasteiger partial charge on any atom is -0.491 e. The molecular formula is C24H32O4. The van der Waals surface area contributed by atoms with Gasteiger partial charge in [0.05, 0.1) is 23.9 Å². The first-order chi connectivity index (χ1) is 13.3. The van der Waals surface area contributed by atoms with Crippen molar-refractivity contribution in [2.24, 2.45) is 0 Å². The molecule has 0 spiro atoms. The summed E-state index contributed by atoms with van der Waals surface area (Å²) < 4.78 is 17.5. The van der Waals surface area contributed by atoms with Crippen LogP contribution in [0.2, 0.25) is 0 Å². The first-order valence-corrected chi connectivity index (χ1v) is 10.0. The Bertz CT molecular complexity index is 778. The number of ketones is 1. The van der Waals surface area contributed by atoms with E-state index in [-0.39, 0.29) is 24.1 Å². The molecule has 0 aromatic heterocycles. The third kappa shape index (κ3) is 6.59. The molecular weight excluding hydrogens is 352 g/mol. The molecule has 0 radical (unpaired) electrons. The Hall–Kier alpha value is -2.49. The molecule has 2 aromatic rings. The quantitative estimate of drug-likeness (QED) is 0.481. The van der Waals surface area contributed by atoms with Crippen LogP contribution in [0.3, 0.4) is 0 Å². The van der Waals surface area contributed by atoms with Crippen LogP contribution in [-0.2, 0) is 6.42 Å². The van der Waals surface area contributed by atoms with Gasteiger partial charge in [-0.15, -0.1) is 0 Å². The highest BCUT2D eigenvalue weighted by Gasteiger charge is 2.15. The minimum absolute atomic E-state index is 0.0184. The van der Waals surface area contributed by atoms with Crippen molar-refractivity contribution in [1.29, 1.82) is 0 Å². The second-order valence-electron chi connectivity index (χ2n) is 7.69. The van der Waals surface area contributed by atoms with Gasteiger partial charge in [0.15, 0.2) is 5.78 Å². The Balaban J connectivity index is 2.19. The lowest BCUT2D eigenvalue weighted by molar-refractivity contribution is 0.0976. The van der Waals surface area contributed by atoms with Gasteiger partial charge >= 0.3 is 0 Å². The molecule has 152 valence electrons. The average Bonchev–Trinajstić information content (AvgIpc) is 2.60. The lowest BCUT2D eigenvalue weighted by atomic mass is 10.0. The van der Waals surface area contributed by atoms with E-state index in [9.17, 15) is 4.79 Å². The Morgan fingerprint density at radius 3 is 2.04 bits per heavy atom. The Morgan fingerprint density at radius 1 is 0.786 bits per heavy atom. The molecule has 0 atom stereocenters. The van der Waals surface area contributed by atoms with Crippen molar-refractivity contribution in [1.82, 2.24) is 0 Å². The summed E-state index contributed by atoms with van der Waals surface area (Å²) in [6.07, 6.45) is 1.12. The topological polar surface area (TPSA) is 44.8 Å². The van der Waals surface area contributed by atoms with Crippen molar-refractivity contribution in [3.63, 3.8) is 0 Å². The minimum atomic E-state index is 0.0184. The molecule has 0 unspecified atom stereocenters. The molecule has 0 fully saturated rings. The van der Waals surface area contributed by atoms with Crippen LogP contribution >= 0.6 is 0 Å². The van der Waals surface area contributed by atoms with Crippen molar-refractivity contribution >= 4 is 5.78 Å². The molecule has 0 amide bonds. The summed E-state index contributed by atoms with van der Waals surface area (Å²) in [5.41, 5.74) is 1.60. The van der Waals surface area contributed by atoms with Crippen molar-refractivity contribution in [2.45, 2.75) is 72.7 Å². The zero-order valence-corrected chi connectivity index (χ0v) is 17.8. The van der Waals surface area contributed by atoms with E-state index in [1.54, 1.807) is 0 Å². The molecule has 4 heteroatoms. The lowest BCUT2D eigenvalue weighted by Gasteiger charge is -2.17. The van der Waals surface area contributed by atoms with E-state index in [1.807, 2.05) is 84.0 Å². The van der Waals surface area contributed by atoms with Gasteiger partial charge < -0.3 is 14.2 Å². The molecule has 0 saturated carbocycles. The van der Waals surface area contributed by atoms with E-state index < -0.39 is 0 Å². The Kier molecular flexibility index (Phi) is 7.91. The van der Waals surface area contributed by atoms with Gasteiger partial charge in [-0.25, -0.2) is 0 Å². The van der Waals surface area contributed by atoms with Crippen molar-refractivity contribution in [3.8, 4) is 17.2 Å². The molecule has 2 aromatic carbocycles. The van der Waals surface area contributed by atoms with Gasteiger partial charge in [0, 0.05) is 6.42 Å². The van der Waals surface area contributed by atoms with Crippen LogP contribution in [0.5, 0.6) is 17.2 Å². The van der Waals surface area contributed by atoms with Gasteiger partial charge in [-0.3, -0.25) is 4.79 Å². The monoisotopic (exact) mass is 384 g/mol. The van der Waals surface area contributed by atoms with E-state index >= 15 is 0 Å². The molecule has 2 rings (SSSR count). The fraction of sp³-hybridized carbons (Fsp3) is 0.458. The van der Waals surface area contributed by atoms with Gasteiger partial charge in [-0.05, 0) is 83.9 Å². The summed E-state index contributed by atoms with van der Waals surface area (Å²) in [7, 11) is 0. The number of para-hydroxylation sites is 1. The number of carbonyl (C=O) groups excluding carboxylic acids is 1. The van der Waals surface area contributed by atoms with E-state index in [0.717, 1.165) is 17.1 Å². The highest BCUT2D eigenvalue weighted by atomic mass is 16.5. The number of carbonyl (C=O) groups is 1. The number of benzene rings is 2. The van der Waals surface area contributed by atoms with Crippen LogP contribution in [-0.4, -0.2) is 24.1 Å². The average molecular weight is 385 g/mol. The lowest BCUT2D eigenvalue weighted by Crippen LogP contribution is -2.12. The second kappa shape index (κ2) is 10.2. The van der Waals surface area contributed by atoms with Crippen molar-refractivity contribution in [3.05, 3.63) is 53.6 Å². The normalized spacial score (nSPS) is 11.2. The van der Waals surface area contributed by atoms with Crippen LogP contribution in [0.1, 0.15) is 63.9 Å². The zero-order valence-electron chi connectivity index (χ0n) is 17.8. The molecule has 0 saturated heterocycles. The van der Waals surface area contributed by atoms with E-state index in [4.69, 9.17) is 14.2 Å². The number of Topliss-reactive ketones (excluding diaryl/α,β-unsaturated/α-hetero) is 1. The Morgan fingerprint density at radius 2 is 1.39 bits per heavy atom. The Labute approximate surface area is 168 Å². The first-order valence-electron chi connectivity index (χ1n) is 10.0. The summed E-state index contributed by atoms with van der Waals surface area (Å²) in [5.74, 6) is 2.28. The fourth-order valence-electron chi connectivity index (χ4n) is 2.90. The zero-order chi connectivity index (χ0) is 20.7. The number of hydrogen-bond acceptors (Lipinski definition) is 4. The van der Waals surface area contributed by atoms with Crippen molar-refractivity contribution < 1.29 is 19.0 Å². The number of aryl methyl sites for hydroxylation is 1. The molecule has 0 bridgehead atoms. The maximum atomic E-state index is 12.9. The van der Waals surface area contributed by atoms with E-state index in [0.29, 0.717) is 24.2 Å². The number of rotatable bonds is 10. The third-order valence-electron chi connectivity index (χ3n) is 3.94. The van der Waals surface area contributed by atoms with Crippen LogP contribution in [0, 0.1) is 0 Å². The van der Waals surface area contributed by atoms with Crippen LogP contribution in [0.25, 0.3) is 0 Å². The summed E-state index contributed by atoms with van der Waals surface area (Å²) in [6.45, 7) is 11.9. The largest absolute Gasteiger partial charge is 0.491 e. The van der Waals surface area contributed by atoms with Crippen LogP contribution in [0.4, 0.5) is 0 Å². The van der Waals surface area contributed by atoms with Gasteiger partial charge in [0.2, 0.25) is 0 Å². The standard InChI is InChI=1S/C24H32O4/c1-16(2)26-20-12-14-23(27-17(3)4)19(15-20)11-13-22(25)21-9-7-8-10-24(21)28-18(5)6/h7-10,12,14-18H,11,13H2,1-6H3. The molecule has 0 aliphatic heterocycles. The van der Waals surface area contributed by atoms with Gasteiger partial charge in [0.25, 0.3) is 0 Å². The van der Waals surface area contributed by atoms with Gasteiger partial charge in [-0.2, -0.15) is 0 Å². The predicted octanol–water partition coefficient (Wildman–Crippen LogP) is 5.86. The smallest absolute Gasteiger partial charge is 0.166 e. The van der Waals surface area contributed by atoms with Gasteiger partial charge in [-0.1, -0.05) is 12.1 Å². The maximum Gasteiger partial charge on any atom is 0.166 e. The summed E-state index contributed by atoms with van der Waals surface area (Å²) in [5, 5.41) is 0. The molecule has 0 aliphatic carbocycles.